The number of aryl methyl sites for hydroxylation is 1. The van der Waals surface area contributed by atoms with Crippen LogP contribution in [-0.2, 0) is 10.5 Å². The average molecular weight is 292 g/mol. The second-order valence-corrected chi connectivity index (χ2v) is 5.76. The number of carboxylic acids is 1. The van der Waals surface area contributed by atoms with Gasteiger partial charge in [-0.2, -0.15) is 0 Å². The third-order valence-corrected chi connectivity index (χ3v) is 4.34. The molecule has 2 aromatic heterocycles. The van der Waals surface area contributed by atoms with Crippen molar-refractivity contribution in [1.29, 1.82) is 0 Å². The van der Waals surface area contributed by atoms with Gasteiger partial charge in [0, 0.05) is 18.0 Å². The molecule has 0 saturated heterocycles. The van der Waals surface area contributed by atoms with Gasteiger partial charge in [0.25, 0.3) is 5.56 Å². The largest absolute Gasteiger partial charge is 0.480 e. The molecule has 1 atom stereocenters. The zero-order valence-corrected chi connectivity index (χ0v) is 12.2. The van der Waals surface area contributed by atoms with Crippen molar-refractivity contribution in [3.63, 3.8) is 0 Å². The first-order chi connectivity index (χ1) is 9.51. The van der Waals surface area contributed by atoms with E-state index in [-0.39, 0.29) is 5.56 Å². The molecular formula is C14H16N2O3S. The van der Waals surface area contributed by atoms with E-state index in [1.165, 1.54) is 22.2 Å². The number of hydrogen-bond donors (Lipinski definition) is 1. The molecule has 6 heteroatoms. The second-order valence-electron chi connectivity index (χ2n) is 4.57. The fourth-order valence-corrected chi connectivity index (χ4v) is 2.78. The molecule has 2 heterocycles. The summed E-state index contributed by atoms with van der Waals surface area (Å²) < 4.78 is 1.50. The average Bonchev–Trinajstić information content (AvgIpc) is 2.40. The molecule has 0 spiro atoms. The van der Waals surface area contributed by atoms with Crippen LogP contribution in [0.4, 0.5) is 0 Å². The van der Waals surface area contributed by atoms with Crippen LogP contribution >= 0.6 is 11.8 Å². The summed E-state index contributed by atoms with van der Waals surface area (Å²) in [6.07, 6.45) is 2.29. The molecule has 2 aromatic rings. The Morgan fingerprint density at radius 2 is 2.25 bits per heavy atom. The quantitative estimate of drug-likeness (QED) is 0.913. The molecule has 0 amide bonds. The number of thioether (sulfide) groups is 1. The SMILES string of the molecule is CCC(SCc1cc(=O)n2cc(C)ccc2n1)C(=O)O. The minimum absolute atomic E-state index is 0.141. The van der Waals surface area contributed by atoms with Crippen molar-refractivity contribution in [2.75, 3.05) is 0 Å². The number of carbonyl (C=O) groups is 1. The van der Waals surface area contributed by atoms with E-state index in [4.69, 9.17) is 5.11 Å². The summed E-state index contributed by atoms with van der Waals surface area (Å²) in [7, 11) is 0. The Hall–Kier alpha value is -1.82. The molecule has 0 aromatic carbocycles. The smallest absolute Gasteiger partial charge is 0.316 e. The molecular weight excluding hydrogens is 276 g/mol. The molecule has 2 rings (SSSR count). The first kappa shape index (κ1) is 14.6. The highest BCUT2D eigenvalue weighted by Gasteiger charge is 2.16. The molecule has 0 radical (unpaired) electrons. The van der Waals surface area contributed by atoms with Crippen molar-refractivity contribution in [3.8, 4) is 0 Å². The summed E-state index contributed by atoms with van der Waals surface area (Å²) >= 11 is 1.29. The lowest BCUT2D eigenvalue weighted by atomic mass is 10.3. The van der Waals surface area contributed by atoms with Crippen molar-refractivity contribution >= 4 is 23.4 Å². The van der Waals surface area contributed by atoms with Crippen LogP contribution in [0.5, 0.6) is 0 Å². The molecule has 0 saturated carbocycles. The van der Waals surface area contributed by atoms with Crippen molar-refractivity contribution < 1.29 is 9.90 Å². The highest BCUT2D eigenvalue weighted by atomic mass is 32.2. The number of nitrogens with zero attached hydrogens (tertiary/aromatic N) is 2. The molecule has 20 heavy (non-hydrogen) atoms. The maximum absolute atomic E-state index is 12.0. The van der Waals surface area contributed by atoms with Gasteiger partial charge in [-0.15, -0.1) is 11.8 Å². The fourth-order valence-electron chi connectivity index (χ4n) is 1.88. The number of pyridine rings is 1. The molecule has 5 nitrogen and oxygen atoms in total. The van der Waals surface area contributed by atoms with Gasteiger partial charge in [-0.25, -0.2) is 4.98 Å². The topological polar surface area (TPSA) is 71.7 Å². The van der Waals surface area contributed by atoms with E-state index in [1.807, 2.05) is 19.9 Å². The normalized spacial score (nSPS) is 12.5. The first-order valence-electron chi connectivity index (χ1n) is 6.34. The molecule has 1 N–H and O–H groups in total. The van der Waals surface area contributed by atoms with E-state index >= 15 is 0 Å². The Labute approximate surface area is 120 Å². The summed E-state index contributed by atoms with van der Waals surface area (Å²) in [4.78, 5) is 27.4. The maximum Gasteiger partial charge on any atom is 0.316 e. The number of rotatable bonds is 5. The van der Waals surface area contributed by atoms with Gasteiger partial charge >= 0.3 is 5.97 Å². The molecule has 1 unspecified atom stereocenters. The lowest BCUT2D eigenvalue weighted by molar-refractivity contribution is -0.136. The van der Waals surface area contributed by atoms with E-state index in [2.05, 4.69) is 4.98 Å². The van der Waals surface area contributed by atoms with Crippen LogP contribution in [0.3, 0.4) is 0 Å². The number of hydrogen-bond acceptors (Lipinski definition) is 4. The zero-order chi connectivity index (χ0) is 14.7. The highest BCUT2D eigenvalue weighted by Crippen LogP contribution is 2.19. The Morgan fingerprint density at radius 3 is 2.90 bits per heavy atom. The summed E-state index contributed by atoms with van der Waals surface area (Å²) in [5, 5.41) is 8.54. The minimum Gasteiger partial charge on any atom is -0.480 e. The van der Waals surface area contributed by atoms with E-state index in [1.54, 1.807) is 12.3 Å². The second kappa shape index (κ2) is 6.09. The first-order valence-corrected chi connectivity index (χ1v) is 7.39. The van der Waals surface area contributed by atoms with Crippen molar-refractivity contribution in [2.24, 2.45) is 0 Å². The van der Waals surface area contributed by atoms with Gasteiger partial charge in [0.15, 0.2) is 0 Å². The van der Waals surface area contributed by atoms with Crippen LogP contribution < -0.4 is 5.56 Å². The fraction of sp³-hybridized carbons (Fsp3) is 0.357. The van der Waals surface area contributed by atoms with Crippen molar-refractivity contribution in [2.45, 2.75) is 31.3 Å². The lowest BCUT2D eigenvalue weighted by Gasteiger charge is -2.09. The van der Waals surface area contributed by atoms with Crippen molar-refractivity contribution in [1.82, 2.24) is 9.38 Å². The lowest BCUT2D eigenvalue weighted by Crippen LogP contribution is -2.17. The van der Waals surface area contributed by atoms with Gasteiger partial charge in [-0.3, -0.25) is 14.0 Å². The molecule has 0 aliphatic heterocycles. The molecule has 0 aliphatic rings. The molecule has 106 valence electrons. The van der Waals surface area contributed by atoms with E-state index in [0.717, 1.165) is 5.56 Å². The van der Waals surface area contributed by atoms with Gasteiger partial charge in [0.05, 0.1) is 5.69 Å². The van der Waals surface area contributed by atoms with Gasteiger partial charge in [-0.05, 0) is 25.0 Å². The monoisotopic (exact) mass is 292 g/mol. The minimum atomic E-state index is -0.828. The standard InChI is InChI=1S/C14H16N2O3S/c1-3-11(14(18)19)20-8-10-6-13(17)16-7-9(2)4-5-12(16)15-10/h4-7,11H,3,8H2,1-2H3,(H,18,19). The molecule has 0 fully saturated rings. The maximum atomic E-state index is 12.0. The van der Waals surface area contributed by atoms with E-state index in [9.17, 15) is 9.59 Å². The summed E-state index contributed by atoms with van der Waals surface area (Å²) in [5.74, 6) is -0.407. The third kappa shape index (κ3) is 3.19. The zero-order valence-electron chi connectivity index (χ0n) is 11.4. The summed E-state index contributed by atoms with van der Waals surface area (Å²) in [6, 6.07) is 5.15. The predicted molar refractivity (Wildman–Crippen MR) is 79.2 cm³/mol. The van der Waals surface area contributed by atoms with Crippen LogP contribution in [0.15, 0.2) is 29.2 Å². The van der Waals surface area contributed by atoms with Crippen LogP contribution in [0.1, 0.15) is 24.6 Å². The number of fused-ring (bicyclic) bond motifs is 1. The van der Waals surface area contributed by atoms with Crippen LogP contribution in [0.2, 0.25) is 0 Å². The van der Waals surface area contributed by atoms with Gasteiger partial charge in [-0.1, -0.05) is 13.0 Å². The Morgan fingerprint density at radius 1 is 1.50 bits per heavy atom. The molecule has 0 bridgehead atoms. The third-order valence-electron chi connectivity index (χ3n) is 2.94. The van der Waals surface area contributed by atoms with Gasteiger partial charge in [0.2, 0.25) is 0 Å². The number of aliphatic carboxylic acids is 1. The Balaban J connectivity index is 2.26. The highest BCUT2D eigenvalue weighted by molar-refractivity contribution is 7.99. The van der Waals surface area contributed by atoms with Crippen LogP contribution in [-0.4, -0.2) is 25.7 Å². The van der Waals surface area contributed by atoms with E-state index < -0.39 is 11.2 Å². The Kier molecular flexibility index (Phi) is 4.44. The Bertz CT molecular complexity index is 696. The number of carboxylic acid groups (broad SMARTS) is 1. The summed E-state index contributed by atoms with van der Waals surface area (Å²) in [5.41, 5.74) is 2.05. The van der Waals surface area contributed by atoms with E-state index in [0.29, 0.717) is 23.5 Å². The molecule has 0 aliphatic carbocycles. The summed E-state index contributed by atoms with van der Waals surface area (Å²) in [6.45, 7) is 3.74. The van der Waals surface area contributed by atoms with Gasteiger partial charge < -0.3 is 5.11 Å². The van der Waals surface area contributed by atoms with Crippen molar-refractivity contribution in [3.05, 3.63) is 46.0 Å². The number of aromatic nitrogens is 2. The predicted octanol–water partition coefficient (Wildman–Crippen LogP) is 2.10. The van der Waals surface area contributed by atoms with Crippen LogP contribution in [0.25, 0.3) is 5.65 Å². The van der Waals surface area contributed by atoms with Crippen LogP contribution in [0, 0.1) is 6.92 Å². The van der Waals surface area contributed by atoms with Gasteiger partial charge in [0.1, 0.15) is 10.9 Å².